The standard InChI is InChI=1S/C19H23N2O3.CH3.U/c1-3-24-19(22)18-17(14-8-10-23-11-9-14)16(12-21(18)20)15-7-5-4-6-13(15)2;;/h4-5,7,12,14H,3,8-11,20H2,1-2H3;1H3;/q2*-1;+2. The van der Waals surface area contributed by atoms with Crippen LogP contribution in [-0.2, 0) is 9.47 Å². The van der Waals surface area contributed by atoms with E-state index in [1.165, 1.54) is 4.68 Å². The van der Waals surface area contributed by atoms with Crippen LogP contribution >= 0.6 is 0 Å². The fourth-order valence-corrected chi connectivity index (χ4v) is 3.38. The monoisotopic (exact) mass is 580 g/mol. The Balaban J connectivity index is 0.00000169. The summed E-state index contributed by atoms with van der Waals surface area (Å²) < 4.78 is 12.1. The number of nitrogens with two attached hydrogens (primary N) is 1. The number of nitrogens with zero attached hydrogens (tertiary/aromatic N) is 1. The number of carbonyl (C=O) groups is 1. The molecule has 1 aromatic heterocycles. The van der Waals surface area contributed by atoms with Gasteiger partial charge < -0.3 is 22.7 Å². The third-order valence-corrected chi connectivity index (χ3v) is 4.52. The van der Waals surface area contributed by atoms with Crippen LogP contribution in [0.4, 0.5) is 0 Å². The molecule has 0 radical (unpaired) electrons. The van der Waals surface area contributed by atoms with Gasteiger partial charge in [-0.1, -0.05) is 6.92 Å². The summed E-state index contributed by atoms with van der Waals surface area (Å²) in [6.45, 7) is 5.53. The quantitative estimate of drug-likeness (QED) is 0.342. The van der Waals surface area contributed by atoms with Gasteiger partial charge in [-0.25, -0.2) is 4.79 Å². The summed E-state index contributed by atoms with van der Waals surface area (Å²) in [5, 5.41) is 0. The number of aromatic nitrogens is 1. The molecular formula is C20H26N2O3U. The van der Waals surface area contributed by atoms with Crippen LogP contribution in [0.5, 0.6) is 0 Å². The Hall–Kier alpha value is -1.22. The molecular weight excluding hydrogens is 554 g/mol. The summed E-state index contributed by atoms with van der Waals surface area (Å²) in [6.07, 6.45) is 3.57. The molecule has 0 amide bonds. The molecule has 1 aromatic carbocycles. The normalized spacial score (nSPS) is 14.2. The van der Waals surface area contributed by atoms with Crippen LogP contribution in [0.15, 0.2) is 24.4 Å². The average molecular weight is 580 g/mol. The molecule has 0 spiro atoms. The van der Waals surface area contributed by atoms with Crippen molar-refractivity contribution in [3.8, 4) is 11.1 Å². The number of hydrogen-bond donors (Lipinski definition) is 1. The average Bonchev–Trinajstić information content (AvgIpc) is 2.93. The molecule has 0 atom stereocenters. The minimum Gasteiger partial charge on any atom is -0.461 e. The first-order valence-electron chi connectivity index (χ1n) is 8.36. The molecule has 2 N–H and O–H groups in total. The molecule has 3 rings (SSSR count). The van der Waals surface area contributed by atoms with Gasteiger partial charge in [-0.05, 0) is 36.8 Å². The number of carbonyl (C=O) groups excluding carboxylic acids is 1. The van der Waals surface area contributed by atoms with Gasteiger partial charge in [-0.2, -0.15) is 29.8 Å². The van der Waals surface area contributed by atoms with E-state index in [1.807, 2.05) is 31.3 Å². The molecule has 138 valence electrons. The SMILES string of the molecule is CCOC(=O)c1c(C2CCOCC2)c(-c2ccc[c-]c2C)cn1N.[CH3-].[U+2]. The van der Waals surface area contributed by atoms with Crippen molar-refractivity contribution in [1.29, 1.82) is 0 Å². The van der Waals surface area contributed by atoms with Crippen molar-refractivity contribution in [3.05, 3.63) is 54.7 Å². The molecule has 0 aliphatic carbocycles. The second-order valence-electron chi connectivity index (χ2n) is 6.03. The Morgan fingerprint density at radius 3 is 2.69 bits per heavy atom. The van der Waals surface area contributed by atoms with E-state index in [-0.39, 0.29) is 50.4 Å². The second-order valence-corrected chi connectivity index (χ2v) is 6.03. The summed E-state index contributed by atoms with van der Waals surface area (Å²) in [7, 11) is 0. The van der Waals surface area contributed by atoms with Gasteiger partial charge in [0.2, 0.25) is 0 Å². The van der Waals surface area contributed by atoms with Crippen LogP contribution < -0.4 is 5.84 Å². The van der Waals surface area contributed by atoms with Crippen LogP contribution in [0.25, 0.3) is 11.1 Å². The molecule has 0 saturated carbocycles. The third-order valence-electron chi connectivity index (χ3n) is 4.52. The molecule has 0 bridgehead atoms. The van der Waals surface area contributed by atoms with Crippen molar-refractivity contribution in [1.82, 2.24) is 4.68 Å². The van der Waals surface area contributed by atoms with Crippen molar-refractivity contribution >= 4 is 5.97 Å². The van der Waals surface area contributed by atoms with Gasteiger partial charge in [0.15, 0.2) is 0 Å². The van der Waals surface area contributed by atoms with Gasteiger partial charge >= 0.3 is 37.1 Å². The summed E-state index contributed by atoms with van der Waals surface area (Å²) in [4.78, 5) is 12.5. The van der Waals surface area contributed by atoms with Crippen molar-refractivity contribution in [2.24, 2.45) is 0 Å². The van der Waals surface area contributed by atoms with Gasteiger partial charge in [-0.15, -0.1) is 5.56 Å². The number of esters is 1. The molecule has 1 aliphatic heterocycles. The van der Waals surface area contributed by atoms with E-state index in [2.05, 4.69) is 6.07 Å². The minimum absolute atomic E-state index is 0. The largest absolute Gasteiger partial charge is 2.00 e. The van der Waals surface area contributed by atoms with Crippen molar-refractivity contribution in [2.45, 2.75) is 32.6 Å². The van der Waals surface area contributed by atoms with Gasteiger partial charge in [0.1, 0.15) is 5.69 Å². The molecule has 1 saturated heterocycles. The van der Waals surface area contributed by atoms with E-state index in [9.17, 15) is 4.79 Å². The molecule has 26 heavy (non-hydrogen) atoms. The number of nitrogen functional groups attached to an aromatic ring is 1. The fraction of sp³-hybridized carbons (Fsp3) is 0.400. The predicted octanol–water partition coefficient (Wildman–Crippen LogP) is 3.50. The zero-order valence-electron chi connectivity index (χ0n) is 15.7. The first-order chi connectivity index (χ1) is 11.6. The Labute approximate surface area is 179 Å². The van der Waals surface area contributed by atoms with E-state index in [0.717, 1.165) is 35.1 Å². The smallest absolute Gasteiger partial charge is 0.461 e. The summed E-state index contributed by atoms with van der Waals surface area (Å²) in [5.41, 5.74) is 4.49. The molecule has 1 fully saturated rings. The van der Waals surface area contributed by atoms with Crippen molar-refractivity contribution < 1.29 is 45.4 Å². The van der Waals surface area contributed by atoms with E-state index in [0.29, 0.717) is 25.5 Å². The van der Waals surface area contributed by atoms with Crippen LogP contribution in [0, 0.1) is 51.5 Å². The molecule has 5 nitrogen and oxygen atoms in total. The van der Waals surface area contributed by atoms with Gasteiger partial charge in [0, 0.05) is 19.4 Å². The summed E-state index contributed by atoms with van der Waals surface area (Å²) in [6, 6.07) is 9.10. The number of hydrogen-bond acceptors (Lipinski definition) is 4. The van der Waals surface area contributed by atoms with Crippen LogP contribution in [0.2, 0.25) is 0 Å². The Morgan fingerprint density at radius 2 is 2.08 bits per heavy atom. The summed E-state index contributed by atoms with van der Waals surface area (Å²) >= 11 is 0. The van der Waals surface area contributed by atoms with Gasteiger partial charge in [0.25, 0.3) is 0 Å². The second kappa shape index (κ2) is 10.2. The first-order valence-corrected chi connectivity index (χ1v) is 8.36. The third kappa shape index (κ3) is 4.54. The topological polar surface area (TPSA) is 66.5 Å². The molecule has 1 aliphatic rings. The Bertz CT molecular complexity index is 737. The van der Waals surface area contributed by atoms with E-state index in [1.54, 1.807) is 6.92 Å². The van der Waals surface area contributed by atoms with Crippen molar-refractivity contribution in [3.63, 3.8) is 0 Å². The predicted molar refractivity (Wildman–Crippen MR) is 98.8 cm³/mol. The maximum absolute atomic E-state index is 12.5. The first kappa shape index (κ1) is 22.8. The minimum atomic E-state index is -0.370. The van der Waals surface area contributed by atoms with Gasteiger partial charge in [0.05, 0.1) is 6.61 Å². The molecule has 2 heterocycles. The molecule has 0 unspecified atom stereocenters. The Kier molecular flexibility index (Phi) is 8.96. The zero-order valence-corrected chi connectivity index (χ0v) is 19.8. The van der Waals surface area contributed by atoms with E-state index in [4.69, 9.17) is 15.3 Å². The Morgan fingerprint density at radius 1 is 1.38 bits per heavy atom. The van der Waals surface area contributed by atoms with Crippen LogP contribution in [-0.4, -0.2) is 30.5 Å². The molecule has 2 aromatic rings. The zero-order chi connectivity index (χ0) is 17.1. The van der Waals surface area contributed by atoms with E-state index >= 15 is 0 Å². The number of rotatable bonds is 4. The fourth-order valence-electron chi connectivity index (χ4n) is 3.38. The molecule has 6 heteroatoms. The van der Waals surface area contributed by atoms with Gasteiger partial charge in [-0.3, -0.25) is 4.68 Å². The summed E-state index contributed by atoms with van der Waals surface area (Å²) in [5.74, 6) is 6.01. The van der Waals surface area contributed by atoms with Crippen LogP contribution in [0.3, 0.4) is 0 Å². The maximum atomic E-state index is 12.5. The maximum Gasteiger partial charge on any atom is 2.00 e. The van der Waals surface area contributed by atoms with E-state index < -0.39 is 0 Å². The number of ether oxygens (including phenoxy) is 2. The van der Waals surface area contributed by atoms with Crippen molar-refractivity contribution in [2.75, 3.05) is 25.7 Å². The number of benzene rings is 1. The van der Waals surface area contributed by atoms with Crippen LogP contribution in [0.1, 0.15) is 47.3 Å². The number of aryl methyl sites for hydroxylation is 1.